The molecule has 9 rings (SSSR count). The summed E-state index contributed by atoms with van der Waals surface area (Å²) < 4.78 is 8.52. The van der Waals surface area contributed by atoms with Crippen LogP contribution in [0.5, 0.6) is 0 Å². The van der Waals surface area contributed by atoms with Crippen molar-refractivity contribution in [1.82, 2.24) is 9.55 Å². The number of aromatic nitrogens is 2. The molecule has 0 bridgehead atoms. The molecule has 0 fully saturated rings. The van der Waals surface area contributed by atoms with Crippen molar-refractivity contribution < 1.29 is 4.42 Å². The lowest BCUT2D eigenvalue weighted by molar-refractivity contribution is 0.620. The van der Waals surface area contributed by atoms with Crippen LogP contribution in [-0.2, 0) is 5.41 Å². The summed E-state index contributed by atoms with van der Waals surface area (Å²) in [5, 5.41) is 2.38. The number of oxazole rings is 1. The minimum Gasteiger partial charge on any atom is -0.436 e. The first-order valence-corrected chi connectivity index (χ1v) is 14.8. The van der Waals surface area contributed by atoms with Crippen LogP contribution in [0.4, 0.5) is 0 Å². The Balaban J connectivity index is 1.26. The van der Waals surface area contributed by atoms with E-state index in [2.05, 4.69) is 128 Å². The van der Waals surface area contributed by atoms with E-state index in [0.29, 0.717) is 5.89 Å². The third-order valence-electron chi connectivity index (χ3n) is 9.24. The van der Waals surface area contributed by atoms with Gasteiger partial charge in [-0.3, -0.25) is 0 Å². The fourth-order valence-electron chi connectivity index (χ4n) is 7.07. The number of benzene rings is 6. The highest BCUT2D eigenvalue weighted by Crippen LogP contribution is 2.49. The molecule has 0 saturated carbocycles. The van der Waals surface area contributed by atoms with Crippen LogP contribution in [0.15, 0.2) is 138 Å². The van der Waals surface area contributed by atoms with Crippen molar-refractivity contribution in [3.63, 3.8) is 0 Å². The standard InChI is InChI=1S/C40H28N2O/c1-40(2)33-13-7-6-12-29(33)30-19-16-26(24-34(30)40)25-17-20-36-31(22-25)32-23-27(39-41-35-14-8-9-15-38(35)43-39)18-21-37(32)42(36)28-10-4-3-5-11-28/h3-24H,1-2H3. The van der Waals surface area contributed by atoms with Crippen molar-refractivity contribution in [1.29, 1.82) is 0 Å². The third kappa shape index (κ3) is 3.52. The molecule has 43 heavy (non-hydrogen) atoms. The van der Waals surface area contributed by atoms with Gasteiger partial charge in [0.1, 0.15) is 5.52 Å². The van der Waals surface area contributed by atoms with E-state index in [1.807, 2.05) is 24.3 Å². The first-order valence-electron chi connectivity index (χ1n) is 14.8. The van der Waals surface area contributed by atoms with Gasteiger partial charge in [0.05, 0.1) is 11.0 Å². The van der Waals surface area contributed by atoms with Crippen molar-refractivity contribution in [2.24, 2.45) is 0 Å². The Labute approximate surface area is 249 Å². The highest BCUT2D eigenvalue weighted by Gasteiger charge is 2.35. The summed E-state index contributed by atoms with van der Waals surface area (Å²) in [7, 11) is 0. The molecule has 8 aromatic rings. The van der Waals surface area contributed by atoms with E-state index < -0.39 is 0 Å². The molecule has 0 aliphatic heterocycles. The summed E-state index contributed by atoms with van der Waals surface area (Å²) >= 11 is 0. The molecule has 0 radical (unpaired) electrons. The van der Waals surface area contributed by atoms with E-state index in [1.54, 1.807) is 0 Å². The number of hydrogen-bond donors (Lipinski definition) is 0. The zero-order valence-corrected chi connectivity index (χ0v) is 24.0. The predicted octanol–water partition coefficient (Wildman–Crippen LogP) is 10.6. The molecule has 2 heterocycles. The highest BCUT2D eigenvalue weighted by atomic mass is 16.3. The van der Waals surface area contributed by atoms with Crippen molar-refractivity contribution in [3.05, 3.63) is 145 Å². The number of para-hydroxylation sites is 3. The van der Waals surface area contributed by atoms with E-state index in [1.165, 1.54) is 49.7 Å². The van der Waals surface area contributed by atoms with Gasteiger partial charge < -0.3 is 8.98 Å². The molecule has 204 valence electrons. The van der Waals surface area contributed by atoms with Crippen molar-refractivity contribution >= 4 is 32.9 Å². The fourth-order valence-corrected chi connectivity index (χ4v) is 7.07. The van der Waals surface area contributed by atoms with Gasteiger partial charge >= 0.3 is 0 Å². The molecule has 0 unspecified atom stereocenters. The molecule has 0 N–H and O–H groups in total. The molecule has 3 heteroatoms. The Morgan fingerprint density at radius 2 is 1.19 bits per heavy atom. The summed E-state index contributed by atoms with van der Waals surface area (Å²) in [6, 6.07) is 47.7. The van der Waals surface area contributed by atoms with Gasteiger partial charge in [0, 0.05) is 27.4 Å². The van der Waals surface area contributed by atoms with Gasteiger partial charge in [0.2, 0.25) is 5.89 Å². The topological polar surface area (TPSA) is 31.0 Å². The van der Waals surface area contributed by atoms with E-state index in [4.69, 9.17) is 9.40 Å². The Hall–Kier alpha value is -5.41. The number of fused-ring (bicyclic) bond motifs is 7. The monoisotopic (exact) mass is 552 g/mol. The Bertz CT molecular complexity index is 2340. The molecule has 0 amide bonds. The second-order valence-corrected chi connectivity index (χ2v) is 12.1. The van der Waals surface area contributed by atoms with Crippen LogP contribution in [0.2, 0.25) is 0 Å². The predicted molar refractivity (Wildman–Crippen MR) is 177 cm³/mol. The summed E-state index contributed by atoms with van der Waals surface area (Å²) in [4.78, 5) is 4.79. The first kappa shape index (κ1) is 24.2. The minimum absolute atomic E-state index is 0.0378. The maximum Gasteiger partial charge on any atom is 0.227 e. The average molecular weight is 553 g/mol. The van der Waals surface area contributed by atoms with Gasteiger partial charge in [0.15, 0.2) is 5.58 Å². The van der Waals surface area contributed by atoms with Gasteiger partial charge in [-0.15, -0.1) is 0 Å². The Morgan fingerprint density at radius 1 is 0.558 bits per heavy atom. The van der Waals surface area contributed by atoms with Crippen LogP contribution in [0.1, 0.15) is 25.0 Å². The molecule has 2 aromatic heterocycles. The second kappa shape index (κ2) is 8.80. The molecule has 6 aromatic carbocycles. The van der Waals surface area contributed by atoms with Crippen molar-refractivity contribution in [2.75, 3.05) is 0 Å². The van der Waals surface area contributed by atoms with Gasteiger partial charge in [-0.25, -0.2) is 4.98 Å². The molecule has 0 saturated heterocycles. The van der Waals surface area contributed by atoms with Crippen LogP contribution in [0.3, 0.4) is 0 Å². The molecule has 0 spiro atoms. The first-order chi connectivity index (χ1) is 21.1. The van der Waals surface area contributed by atoms with Crippen LogP contribution in [-0.4, -0.2) is 9.55 Å². The summed E-state index contributed by atoms with van der Waals surface area (Å²) in [5.41, 5.74) is 14.0. The molecule has 3 nitrogen and oxygen atoms in total. The lowest BCUT2D eigenvalue weighted by Crippen LogP contribution is -2.14. The van der Waals surface area contributed by atoms with E-state index in [0.717, 1.165) is 27.9 Å². The van der Waals surface area contributed by atoms with E-state index in [-0.39, 0.29) is 5.41 Å². The number of nitrogens with zero attached hydrogens (tertiary/aromatic N) is 2. The van der Waals surface area contributed by atoms with E-state index >= 15 is 0 Å². The maximum absolute atomic E-state index is 6.17. The smallest absolute Gasteiger partial charge is 0.227 e. The Kier molecular flexibility index (Phi) is 4.95. The zero-order valence-electron chi connectivity index (χ0n) is 24.0. The maximum atomic E-state index is 6.17. The number of rotatable bonds is 3. The van der Waals surface area contributed by atoms with Crippen LogP contribution < -0.4 is 0 Å². The highest BCUT2D eigenvalue weighted by molar-refractivity contribution is 6.11. The molecular weight excluding hydrogens is 524 g/mol. The van der Waals surface area contributed by atoms with Crippen LogP contribution in [0, 0.1) is 0 Å². The Morgan fingerprint density at radius 3 is 2.00 bits per heavy atom. The van der Waals surface area contributed by atoms with Gasteiger partial charge in [0.25, 0.3) is 0 Å². The lowest BCUT2D eigenvalue weighted by atomic mass is 9.81. The second-order valence-electron chi connectivity index (χ2n) is 12.1. The normalized spacial score (nSPS) is 13.5. The van der Waals surface area contributed by atoms with Crippen molar-refractivity contribution in [3.8, 4) is 39.4 Å². The summed E-state index contributed by atoms with van der Waals surface area (Å²) in [6.45, 7) is 4.68. The zero-order chi connectivity index (χ0) is 28.7. The van der Waals surface area contributed by atoms with Gasteiger partial charge in [-0.05, 0) is 94.0 Å². The van der Waals surface area contributed by atoms with Crippen LogP contribution in [0.25, 0.3) is 72.3 Å². The molecule has 1 aliphatic rings. The summed E-state index contributed by atoms with van der Waals surface area (Å²) in [5.74, 6) is 0.639. The van der Waals surface area contributed by atoms with Crippen molar-refractivity contribution in [2.45, 2.75) is 19.3 Å². The SMILES string of the molecule is CC1(C)c2ccccc2-c2ccc(-c3ccc4c(c3)c3cc(-c5nc6ccccc6o5)ccc3n4-c3ccccc3)cc21. The summed E-state index contributed by atoms with van der Waals surface area (Å²) in [6.07, 6.45) is 0. The fraction of sp³-hybridized carbons (Fsp3) is 0.0750. The van der Waals surface area contributed by atoms with E-state index in [9.17, 15) is 0 Å². The minimum atomic E-state index is -0.0378. The van der Waals surface area contributed by atoms with Crippen LogP contribution >= 0.6 is 0 Å². The average Bonchev–Trinajstić information content (AvgIpc) is 3.70. The van der Waals surface area contributed by atoms with Gasteiger partial charge in [-0.2, -0.15) is 0 Å². The third-order valence-corrected chi connectivity index (χ3v) is 9.24. The van der Waals surface area contributed by atoms with Gasteiger partial charge in [-0.1, -0.05) is 86.6 Å². The largest absolute Gasteiger partial charge is 0.436 e. The molecule has 0 atom stereocenters. The molecular formula is C40H28N2O. The lowest BCUT2D eigenvalue weighted by Gasteiger charge is -2.22. The quantitative estimate of drug-likeness (QED) is 0.218. The number of hydrogen-bond acceptors (Lipinski definition) is 2. The molecule has 1 aliphatic carbocycles.